The molecule has 0 aromatic heterocycles. The molecule has 0 aliphatic heterocycles. The first-order valence-corrected chi connectivity index (χ1v) is 7.29. The van der Waals surface area contributed by atoms with E-state index in [9.17, 15) is 9.18 Å². The highest BCUT2D eigenvalue weighted by atomic mass is 19.1. The van der Waals surface area contributed by atoms with E-state index in [-0.39, 0.29) is 24.2 Å². The number of aryl methyl sites for hydroxylation is 1. The van der Waals surface area contributed by atoms with Gasteiger partial charge in [0.05, 0.1) is 19.1 Å². The molecule has 0 saturated carbocycles. The van der Waals surface area contributed by atoms with Gasteiger partial charge < -0.3 is 10.1 Å². The van der Waals surface area contributed by atoms with Crippen molar-refractivity contribution in [2.75, 3.05) is 6.61 Å². The molecule has 0 aliphatic rings. The molecule has 2 rings (SSSR count). The van der Waals surface area contributed by atoms with E-state index in [1.165, 1.54) is 12.1 Å². The number of hydrogen-bond acceptors (Lipinski definition) is 2. The van der Waals surface area contributed by atoms with Crippen molar-refractivity contribution >= 4 is 5.91 Å². The SMILES string of the molecule is Cc1cccc(OCCC(=O)NC(C)c2ccc(F)cc2)c1. The molecule has 0 aliphatic carbocycles. The van der Waals surface area contributed by atoms with Crippen molar-refractivity contribution in [2.45, 2.75) is 26.3 Å². The van der Waals surface area contributed by atoms with Crippen molar-refractivity contribution in [3.63, 3.8) is 0 Å². The van der Waals surface area contributed by atoms with E-state index in [0.29, 0.717) is 6.61 Å². The summed E-state index contributed by atoms with van der Waals surface area (Å²) in [4.78, 5) is 11.9. The molecule has 2 aromatic carbocycles. The third-order valence-electron chi connectivity index (χ3n) is 3.33. The Morgan fingerprint density at radius 2 is 1.95 bits per heavy atom. The smallest absolute Gasteiger partial charge is 0.223 e. The molecule has 0 radical (unpaired) electrons. The summed E-state index contributed by atoms with van der Waals surface area (Å²) in [7, 11) is 0. The summed E-state index contributed by atoms with van der Waals surface area (Å²) in [5.74, 6) is 0.387. The van der Waals surface area contributed by atoms with Crippen molar-refractivity contribution < 1.29 is 13.9 Å². The maximum absolute atomic E-state index is 12.9. The number of nitrogens with one attached hydrogen (secondary N) is 1. The normalized spacial score (nSPS) is 11.8. The Kier molecular flexibility index (Phi) is 5.53. The predicted molar refractivity (Wildman–Crippen MR) is 84.2 cm³/mol. The summed E-state index contributed by atoms with van der Waals surface area (Å²) in [5.41, 5.74) is 1.99. The molecule has 22 heavy (non-hydrogen) atoms. The van der Waals surface area contributed by atoms with Crippen LogP contribution in [0.3, 0.4) is 0 Å². The molecule has 1 unspecified atom stereocenters. The highest BCUT2D eigenvalue weighted by Gasteiger charge is 2.09. The first kappa shape index (κ1) is 16.0. The van der Waals surface area contributed by atoms with Gasteiger partial charge in [-0.05, 0) is 49.2 Å². The number of rotatable bonds is 6. The second-order valence-electron chi connectivity index (χ2n) is 5.26. The summed E-state index contributed by atoms with van der Waals surface area (Å²) < 4.78 is 18.4. The fourth-order valence-corrected chi connectivity index (χ4v) is 2.12. The third-order valence-corrected chi connectivity index (χ3v) is 3.33. The zero-order valence-electron chi connectivity index (χ0n) is 12.8. The minimum absolute atomic E-state index is 0.0931. The molecule has 1 N–H and O–H groups in total. The van der Waals surface area contributed by atoms with Crippen LogP contribution < -0.4 is 10.1 Å². The molecular formula is C18H20FNO2. The van der Waals surface area contributed by atoms with Crippen LogP contribution in [-0.4, -0.2) is 12.5 Å². The quantitative estimate of drug-likeness (QED) is 0.881. The number of amides is 1. The topological polar surface area (TPSA) is 38.3 Å². The largest absolute Gasteiger partial charge is 0.493 e. The second-order valence-corrected chi connectivity index (χ2v) is 5.26. The lowest BCUT2D eigenvalue weighted by atomic mass is 10.1. The van der Waals surface area contributed by atoms with E-state index in [0.717, 1.165) is 16.9 Å². The van der Waals surface area contributed by atoms with Crippen molar-refractivity contribution in [1.82, 2.24) is 5.32 Å². The van der Waals surface area contributed by atoms with Crippen LogP contribution in [0.2, 0.25) is 0 Å². The standard InChI is InChI=1S/C18H20FNO2/c1-13-4-3-5-17(12-13)22-11-10-18(21)20-14(2)15-6-8-16(19)9-7-15/h3-9,12,14H,10-11H2,1-2H3,(H,20,21). The van der Waals surface area contributed by atoms with Gasteiger partial charge in [0, 0.05) is 0 Å². The number of benzene rings is 2. The monoisotopic (exact) mass is 301 g/mol. The molecule has 3 nitrogen and oxygen atoms in total. The number of carbonyl (C=O) groups is 1. The predicted octanol–water partition coefficient (Wildman–Crippen LogP) is 3.78. The number of carbonyl (C=O) groups excluding carboxylic acids is 1. The van der Waals surface area contributed by atoms with Crippen LogP contribution in [-0.2, 0) is 4.79 Å². The van der Waals surface area contributed by atoms with Gasteiger partial charge in [0.2, 0.25) is 5.91 Å². The van der Waals surface area contributed by atoms with Crippen molar-refractivity contribution in [3.8, 4) is 5.75 Å². The van der Waals surface area contributed by atoms with Gasteiger partial charge in [-0.15, -0.1) is 0 Å². The van der Waals surface area contributed by atoms with Crippen LogP contribution in [0, 0.1) is 12.7 Å². The Bertz CT molecular complexity index is 625. The highest BCUT2D eigenvalue weighted by molar-refractivity contribution is 5.76. The van der Waals surface area contributed by atoms with Gasteiger partial charge in [-0.2, -0.15) is 0 Å². The Labute approximate surface area is 130 Å². The summed E-state index contributed by atoms with van der Waals surface area (Å²) in [6.45, 7) is 4.18. The molecule has 0 bridgehead atoms. The molecule has 0 saturated heterocycles. The van der Waals surface area contributed by atoms with Gasteiger partial charge in [-0.3, -0.25) is 4.79 Å². The molecule has 1 amide bonds. The molecule has 0 fully saturated rings. The Balaban J connectivity index is 1.76. The third kappa shape index (κ3) is 4.88. The van der Waals surface area contributed by atoms with Gasteiger partial charge >= 0.3 is 0 Å². The van der Waals surface area contributed by atoms with Crippen LogP contribution in [0.1, 0.15) is 30.5 Å². The Morgan fingerprint density at radius 1 is 1.23 bits per heavy atom. The van der Waals surface area contributed by atoms with E-state index in [4.69, 9.17) is 4.74 Å². The van der Waals surface area contributed by atoms with Crippen LogP contribution in [0.25, 0.3) is 0 Å². The molecule has 1 atom stereocenters. The summed E-state index contributed by atoms with van der Waals surface area (Å²) in [6, 6.07) is 13.7. The van der Waals surface area contributed by atoms with Crippen LogP contribution >= 0.6 is 0 Å². The van der Waals surface area contributed by atoms with Gasteiger partial charge in [0.25, 0.3) is 0 Å². The maximum atomic E-state index is 12.9. The fraction of sp³-hybridized carbons (Fsp3) is 0.278. The van der Waals surface area contributed by atoms with Crippen molar-refractivity contribution in [1.29, 1.82) is 0 Å². The summed E-state index contributed by atoms with van der Waals surface area (Å²) in [5, 5.41) is 2.87. The molecule has 0 spiro atoms. The lowest BCUT2D eigenvalue weighted by Crippen LogP contribution is -2.27. The fourth-order valence-electron chi connectivity index (χ4n) is 2.12. The van der Waals surface area contributed by atoms with Crippen LogP contribution in [0.5, 0.6) is 5.75 Å². The minimum atomic E-state index is -0.283. The first-order chi connectivity index (χ1) is 10.5. The van der Waals surface area contributed by atoms with Gasteiger partial charge in [-0.1, -0.05) is 24.3 Å². The lowest BCUT2D eigenvalue weighted by molar-refractivity contribution is -0.122. The van der Waals surface area contributed by atoms with Crippen molar-refractivity contribution in [2.24, 2.45) is 0 Å². The molecule has 0 heterocycles. The van der Waals surface area contributed by atoms with E-state index < -0.39 is 0 Å². The first-order valence-electron chi connectivity index (χ1n) is 7.29. The van der Waals surface area contributed by atoms with Gasteiger partial charge in [0.1, 0.15) is 11.6 Å². The van der Waals surface area contributed by atoms with E-state index in [2.05, 4.69) is 5.32 Å². The Hall–Kier alpha value is -2.36. The second kappa shape index (κ2) is 7.59. The lowest BCUT2D eigenvalue weighted by Gasteiger charge is -2.14. The molecule has 4 heteroatoms. The van der Waals surface area contributed by atoms with E-state index in [1.54, 1.807) is 12.1 Å². The average molecular weight is 301 g/mol. The molecule has 116 valence electrons. The highest BCUT2D eigenvalue weighted by Crippen LogP contribution is 2.14. The maximum Gasteiger partial charge on any atom is 0.223 e. The minimum Gasteiger partial charge on any atom is -0.493 e. The summed E-state index contributed by atoms with van der Waals surface area (Å²) in [6.07, 6.45) is 0.277. The van der Waals surface area contributed by atoms with Crippen molar-refractivity contribution in [3.05, 3.63) is 65.5 Å². The number of ether oxygens (including phenoxy) is 1. The summed E-state index contributed by atoms with van der Waals surface area (Å²) >= 11 is 0. The van der Waals surface area contributed by atoms with Crippen LogP contribution in [0.15, 0.2) is 48.5 Å². The van der Waals surface area contributed by atoms with E-state index >= 15 is 0 Å². The molecule has 2 aromatic rings. The average Bonchev–Trinajstić information content (AvgIpc) is 2.48. The zero-order chi connectivity index (χ0) is 15.9. The number of hydrogen-bond donors (Lipinski definition) is 1. The Morgan fingerprint density at radius 3 is 2.64 bits per heavy atom. The van der Waals surface area contributed by atoms with Gasteiger partial charge in [-0.25, -0.2) is 4.39 Å². The van der Waals surface area contributed by atoms with Crippen LogP contribution in [0.4, 0.5) is 4.39 Å². The van der Waals surface area contributed by atoms with E-state index in [1.807, 2.05) is 38.1 Å². The zero-order valence-corrected chi connectivity index (χ0v) is 12.8. The molecular weight excluding hydrogens is 281 g/mol. The number of halogens is 1. The van der Waals surface area contributed by atoms with Gasteiger partial charge in [0.15, 0.2) is 0 Å².